The zero-order valence-corrected chi connectivity index (χ0v) is 10.6. The van der Waals surface area contributed by atoms with E-state index in [1.807, 2.05) is 38.1 Å². The molecule has 17 heavy (non-hydrogen) atoms. The third-order valence-electron chi connectivity index (χ3n) is 2.60. The molecule has 0 spiro atoms. The highest BCUT2D eigenvalue weighted by molar-refractivity contribution is 5.78. The van der Waals surface area contributed by atoms with E-state index >= 15 is 0 Å². The van der Waals surface area contributed by atoms with Gasteiger partial charge in [-0.1, -0.05) is 43.2 Å². The van der Waals surface area contributed by atoms with Crippen molar-refractivity contribution < 1.29 is 9.90 Å². The quantitative estimate of drug-likeness (QED) is 0.790. The Hall–Kier alpha value is -1.35. The number of benzene rings is 1. The normalized spacial score (nSPS) is 12.2. The molecule has 0 radical (unpaired) electrons. The van der Waals surface area contributed by atoms with Crippen LogP contribution in [0, 0.1) is 6.92 Å². The van der Waals surface area contributed by atoms with Gasteiger partial charge in [-0.3, -0.25) is 4.79 Å². The van der Waals surface area contributed by atoms with Crippen molar-refractivity contribution in [3.05, 3.63) is 35.4 Å². The van der Waals surface area contributed by atoms with Crippen molar-refractivity contribution in [2.24, 2.45) is 0 Å². The molecule has 0 fully saturated rings. The van der Waals surface area contributed by atoms with Crippen molar-refractivity contribution in [1.29, 1.82) is 0 Å². The van der Waals surface area contributed by atoms with Crippen LogP contribution in [-0.4, -0.2) is 23.7 Å². The van der Waals surface area contributed by atoms with Crippen molar-refractivity contribution in [3.8, 4) is 0 Å². The molecule has 1 amide bonds. The largest absolute Gasteiger partial charge is 0.391 e. The second kappa shape index (κ2) is 7.07. The van der Waals surface area contributed by atoms with Gasteiger partial charge in [0, 0.05) is 6.54 Å². The fourth-order valence-electron chi connectivity index (χ4n) is 1.74. The molecule has 2 N–H and O–H groups in total. The molecule has 0 saturated heterocycles. The molecule has 1 atom stereocenters. The highest BCUT2D eigenvalue weighted by atomic mass is 16.3. The van der Waals surface area contributed by atoms with Gasteiger partial charge >= 0.3 is 0 Å². The summed E-state index contributed by atoms with van der Waals surface area (Å²) >= 11 is 0. The van der Waals surface area contributed by atoms with Crippen molar-refractivity contribution in [2.45, 2.75) is 39.2 Å². The number of nitrogens with one attached hydrogen (secondary N) is 1. The standard InChI is InChI=1S/C14H21NO2/c1-3-5-13(16)10-15-14(17)9-12-7-4-6-11(2)8-12/h4,6-8,13,16H,3,5,9-10H2,1-2H3,(H,15,17). The van der Waals surface area contributed by atoms with E-state index in [1.165, 1.54) is 0 Å². The Morgan fingerprint density at radius 2 is 2.24 bits per heavy atom. The summed E-state index contributed by atoms with van der Waals surface area (Å²) in [4.78, 5) is 11.6. The van der Waals surface area contributed by atoms with Gasteiger partial charge in [-0.2, -0.15) is 0 Å². The number of carbonyl (C=O) groups is 1. The van der Waals surface area contributed by atoms with E-state index in [1.54, 1.807) is 0 Å². The van der Waals surface area contributed by atoms with E-state index in [0.29, 0.717) is 13.0 Å². The predicted molar refractivity (Wildman–Crippen MR) is 68.8 cm³/mol. The molecule has 3 heteroatoms. The van der Waals surface area contributed by atoms with Crippen LogP contribution in [-0.2, 0) is 11.2 Å². The second-order valence-corrected chi connectivity index (χ2v) is 4.41. The van der Waals surface area contributed by atoms with Gasteiger partial charge < -0.3 is 10.4 Å². The highest BCUT2D eigenvalue weighted by Crippen LogP contribution is 2.04. The molecule has 0 aliphatic carbocycles. The van der Waals surface area contributed by atoms with Gasteiger partial charge in [0.2, 0.25) is 5.91 Å². The molecule has 0 heterocycles. The summed E-state index contributed by atoms with van der Waals surface area (Å²) in [5.41, 5.74) is 2.16. The Kier molecular flexibility index (Phi) is 5.70. The van der Waals surface area contributed by atoms with Crippen LogP contribution in [0.15, 0.2) is 24.3 Å². The van der Waals surface area contributed by atoms with E-state index in [9.17, 15) is 9.90 Å². The van der Waals surface area contributed by atoms with Crippen molar-refractivity contribution >= 4 is 5.91 Å². The van der Waals surface area contributed by atoms with Crippen LogP contribution in [0.1, 0.15) is 30.9 Å². The maximum absolute atomic E-state index is 11.6. The van der Waals surface area contributed by atoms with Gasteiger partial charge in [0.15, 0.2) is 0 Å². The fourth-order valence-corrected chi connectivity index (χ4v) is 1.74. The minimum atomic E-state index is -0.429. The Morgan fingerprint density at radius 1 is 1.47 bits per heavy atom. The molecule has 0 aliphatic rings. The average Bonchev–Trinajstić information content (AvgIpc) is 2.27. The lowest BCUT2D eigenvalue weighted by Crippen LogP contribution is -2.33. The van der Waals surface area contributed by atoms with Crippen LogP contribution in [0.2, 0.25) is 0 Å². The molecule has 1 aromatic rings. The number of hydrogen-bond acceptors (Lipinski definition) is 2. The maximum Gasteiger partial charge on any atom is 0.224 e. The van der Waals surface area contributed by atoms with Gasteiger partial charge in [0.05, 0.1) is 12.5 Å². The van der Waals surface area contributed by atoms with Crippen LogP contribution >= 0.6 is 0 Å². The van der Waals surface area contributed by atoms with E-state index in [-0.39, 0.29) is 5.91 Å². The van der Waals surface area contributed by atoms with Gasteiger partial charge in [0.1, 0.15) is 0 Å². The van der Waals surface area contributed by atoms with Crippen LogP contribution in [0.25, 0.3) is 0 Å². The van der Waals surface area contributed by atoms with E-state index < -0.39 is 6.10 Å². The summed E-state index contributed by atoms with van der Waals surface area (Å²) in [7, 11) is 0. The van der Waals surface area contributed by atoms with Crippen LogP contribution in [0.4, 0.5) is 0 Å². The summed E-state index contributed by atoms with van der Waals surface area (Å²) in [5, 5.41) is 12.2. The number of hydrogen-bond donors (Lipinski definition) is 2. The highest BCUT2D eigenvalue weighted by Gasteiger charge is 2.06. The minimum Gasteiger partial charge on any atom is -0.391 e. The summed E-state index contributed by atoms with van der Waals surface area (Å²) in [6.45, 7) is 4.36. The van der Waals surface area contributed by atoms with E-state index in [2.05, 4.69) is 5.32 Å². The molecule has 3 nitrogen and oxygen atoms in total. The van der Waals surface area contributed by atoms with Gasteiger partial charge in [-0.25, -0.2) is 0 Å². The molecule has 1 aromatic carbocycles. The Morgan fingerprint density at radius 3 is 2.88 bits per heavy atom. The van der Waals surface area contributed by atoms with Gasteiger partial charge in [0.25, 0.3) is 0 Å². The number of carbonyl (C=O) groups excluding carboxylic acids is 1. The monoisotopic (exact) mass is 235 g/mol. The summed E-state index contributed by atoms with van der Waals surface area (Å²) in [5.74, 6) is -0.0363. The smallest absolute Gasteiger partial charge is 0.224 e. The predicted octanol–water partition coefficient (Wildman–Crippen LogP) is 1.81. The van der Waals surface area contributed by atoms with E-state index in [4.69, 9.17) is 0 Å². The molecule has 0 aromatic heterocycles. The topological polar surface area (TPSA) is 49.3 Å². The fraction of sp³-hybridized carbons (Fsp3) is 0.500. The molecule has 1 rings (SSSR count). The first-order valence-electron chi connectivity index (χ1n) is 6.12. The first-order chi connectivity index (χ1) is 8.11. The first kappa shape index (κ1) is 13.7. The SMILES string of the molecule is CCCC(O)CNC(=O)Cc1cccc(C)c1. The molecule has 94 valence electrons. The summed E-state index contributed by atoms with van der Waals surface area (Å²) < 4.78 is 0. The third kappa shape index (κ3) is 5.50. The zero-order chi connectivity index (χ0) is 12.7. The maximum atomic E-state index is 11.6. The van der Waals surface area contributed by atoms with Crippen molar-refractivity contribution in [1.82, 2.24) is 5.32 Å². The van der Waals surface area contributed by atoms with Crippen LogP contribution in [0.3, 0.4) is 0 Å². The lowest BCUT2D eigenvalue weighted by atomic mass is 10.1. The molecule has 1 unspecified atom stereocenters. The summed E-state index contributed by atoms with van der Waals surface area (Å²) in [6.07, 6.45) is 1.60. The minimum absolute atomic E-state index is 0.0363. The molecule has 0 aliphatic heterocycles. The third-order valence-corrected chi connectivity index (χ3v) is 2.60. The number of aliphatic hydroxyl groups is 1. The van der Waals surface area contributed by atoms with Crippen LogP contribution in [0.5, 0.6) is 0 Å². The zero-order valence-electron chi connectivity index (χ0n) is 10.6. The summed E-state index contributed by atoms with van der Waals surface area (Å²) in [6, 6.07) is 7.90. The number of rotatable bonds is 6. The lowest BCUT2D eigenvalue weighted by Gasteiger charge is -2.10. The van der Waals surface area contributed by atoms with Crippen LogP contribution < -0.4 is 5.32 Å². The lowest BCUT2D eigenvalue weighted by molar-refractivity contribution is -0.120. The molecular weight excluding hydrogens is 214 g/mol. The molecular formula is C14H21NO2. The molecule has 0 saturated carbocycles. The van der Waals surface area contributed by atoms with Gasteiger partial charge in [-0.05, 0) is 18.9 Å². The second-order valence-electron chi connectivity index (χ2n) is 4.41. The van der Waals surface area contributed by atoms with Crippen molar-refractivity contribution in [2.75, 3.05) is 6.54 Å². The number of amides is 1. The first-order valence-corrected chi connectivity index (χ1v) is 6.12. The van der Waals surface area contributed by atoms with Crippen molar-refractivity contribution in [3.63, 3.8) is 0 Å². The number of aliphatic hydroxyl groups excluding tert-OH is 1. The Balaban J connectivity index is 2.34. The van der Waals surface area contributed by atoms with E-state index in [0.717, 1.165) is 24.0 Å². The Bertz CT molecular complexity index is 363. The van der Waals surface area contributed by atoms with Gasteiger partial charge in [-0.15, -0.1) is 0 Å². The Labute approximate surface area is 103 Å². The number of aryl methyl sites for hydroxylation is 1. The average molecular weight is 235 g/mol. The molecule has 0 bridgehead atoms.